The minimum Gasteiger partial charge on any atom is -0.497 e. The summed E-state index contributed by atoms with van der Waals surface area (Å²) in [5.74, 6) is 0.939. The van der Waals surface area contributed by atoms with Crippen LogP contribution in [-0.2, 0) is 14.6 Å². The average molecular weight is 393 g/mol. The first kappa shape index (κ1) is 18.7. The standard InChI is InChI=1S/C20H28N2O4S/c1-26-17-10-8-16(9-11-17)22-19-14-27(24,25)13-18(19)21(12-20(22)23)15-6-4-2-3-5-7-15/h8-11,15,18-19H,2-7,12-14H2,1H3/t18-,19-/m1/s1. The minimum absolute atomic E-state index is 0.00256. The molecule has 27 heavy (non-hydrogen) atoms. The molecular formula is C20H28N2O4S. The summed E-state index contributed by atoms with van der Waals surface area (Å²) in [4.78, 5) is 17.0. The van der Waals surface area contributed by atoms with E-state index in [0.717, 1.165) is 24.3 Å². The van der Waals surface area contributed by atoms with Gasteiger partial charge in [0.05, 0.1) is 31.2 Å². The van der Waals surface area contributed by atoms with E-state index in [1.165, 1.54) is 25.7 Å². The molecule has 0 radical (unpaired) electrons. The third-order valence-corrected chi connectivity index (χ3v) is 7.98. The van der Waals surface area contributed by atoms with Crippen molar-refractivity contribution < 1.29 is 17.9 Å². The van der Waals surface area contributed by atoms with Gasteiger partial charge >= 0.3 is 0 Å². The Balaban J connectivity index is 1.65. The van der Waals surface area contributed by atoms with Gasteiger partial charge in [0.2, 0.25) is 5.91 Å². The first-order chi connectivity index (χ1) is 13.0. The predicted octanol–water partition coefficient (Wildman–Crippen LogP) is 2.23. The summed E-state index contributed by atoms with van der Waals surface area (Å²) in [7, 11) is -1.54. The van der Waals surface area contributed by atoms with Crippen molar-refractivity contribution >= 4 is 21.4 Å². The molecule has 0 aromatic heterocycles. The van der Waals surface area contributed by atoms with Gasteiger partial charge in [0.25, 0.3) is 0 Å². The number of nitrogens with zero attached hydrogens (tertiary/aromatic N) is 2. The lowest BCUT2D eigenvalue weighted by molar-refractivity contribution is -0.124. The van der Waals surface area contributed by atoms with Crippen LogP contribution >= 0.6 is 0 Å². The monoisotopic (exact) mass is 392 g/mol. The van der Waals surface area contributed by atoms with Crippen LogP contribution in [0.5, 0.6) is 5.75 Å². The Kier molecular flexibility index (Phi) is 5.16. The highest BCUT2D eigenvalue weighted by molar-refractivity contribution is 7.91. The molecular weight excluding hydrogens is 364 g/mol. The fraction of sp³-hybridized carbons (Fsp3) is 0.650. The number of rotatable bonds is 3. The van der Waals surface area contributed by atoms with Crippen LogP contribution in [0.2, 0.25) is 0 Å². The molecule has 6 nitrogen and oxygen atoms in total. The smallest absolute Gasteiger partial charge is 0.241 e. The van der Waals surface area contributed by atoms with Crippen molar-refractivity contribution in [1.29, 1.82) is 0 Å². The van der Waals surface area contributed by atoms with E-state index in [9.17, 15) is 13.2 Å². The maximum absolute atomic E-state index is 13.1. The summed E-state index contributed by atoms with van der Waals surface area (Å²) >= 11 is 0. The lowest BCUT2D eigenvalue weighted by Crippen LogP contribution is -2.64. The number of carbonyl (C=O) groups is 1. The second-order valence-electron chi connectivity index (χ2n) is 7.99. The number of methoxy groups -OCH3 is 1. The summed E-state index contributed by atoms with van der Waals surface area (Å²) in [6, 6.07) is 7.26. The van der Waals surface area contributed by atoms with Crippen LogP contribution in [-0.4, -0.2) is 62.5 Å². The number of ether oxygens (including phenoxy) is 1. The van der Waals surface area contributed by atoms with Gasteiger partial charge in [-0.05, 0) is 37.1 Å². The Hall–Kier alpha value is -1.60. The molecule has 0 bridgehead atoms. The van der Waals surface area contributed by atoms with Crippen LogP contribution in [0.15, 0.2) is 24.3 Å². The average Bonchev–Trinajstić information content (AvgIpc) is 2.82. The van der Waals surface area contributed by atoms with E-state index in [1.54, 1.807) is 12.0 Å². The Morgan fingerprint density at radius 3 is 2.22 bits per heavy atom. The van der Waals surface area contributed by atoms with E-state index in [2.05, 4.69) is 4.90 Å². The third-order valence-electron chi connectivity index (χ3n) is 6.28. The molecule has 7 heteroatoms. The fourth-order valence-corrected chi connectivity index (χ4v) is 6.94. The number of sulfone groups is 1. The molecule has 1 amide bonds. The Morgan fingerprint density at radius 2 is 1.59 bits per heavy atom. The minimum atomic E-state index is -3.15. The van der Waals surface area contributed by atoms with E-state index in [4.69, 9.17) is 4.74 Å². The fourth-order valence-electron chi connectivity index (χ4n) is 4.98. The molecule has 4 rings (SSSR count). The van der Waals surface area contributed by atoms with E-state index in [1.807, 2.05) is 24.3 Å². The zero-order valence-corrected chi connectivity index (χ0v) is 16.7. The molecule has 0 unspecified atom stereocenters. The Labute approximate surface area is 161 Å². The van der Waals surface area contributed by atoms with E-state index < -0.39 is 9.84 Å². The van der Waals surface area contributed by atoms with E-state index in [0.29, 0.717) is 12.6 Å². The molecule has 2 atom stereocenters. The van der Waals surface area contributed by atoms with Gasteiger partial charge in [-0.3, -0.25) is 9.69 Å². The number of hydrogen-bond donors (Lipinski definition) is 0. The van der Waals surface area contributed by atoms with Crippen LogP contribution in [0.3, 0.4) is 0 Å². The number of carbonyl (C=O) groups excluding carboxylic acids is 1. The summed E-state index contributed by atoms with van der Waals surface area (Å²) in [6.07, 6.45) is 6.95. The molecule has 3 aliphatic rings. The van der Waals surface area contributed by atoms with Gasteiger partial charge in [-0.1, -0.05) is 25.7 Å². The van der Waals surface area contributed by atoms with Crippen LogP contribution in [0.25, 0.3) is 0 Å². The summed E-state index contributed by atoms with van der Waals surface area (Å²) < 4.78 is 30.2. The number of amides is 1. The van der Waals surface area contributed by atoms with Crippen molar-refractivity contribution in [1.82, 2.24) is 4.90 Å². The zero-order valence-electron chi connectivity index (χ0n) is 15.8. The van der Waals surface area contributed by atoms with Gasteiger partial charge in [0, 0.05) is 17.8 Å². The molecule has 0 spiro atoms. The van der Waals surface area contributed by atoms with Crippen LogP contribution in [0, 0.1) is 0 Å². The predicted molar refractivity (Wildman–Crippen MR) is 105 cm³/mol. The SMILES string of the molecule is COc1ccc(N2C(=O)CN(C3CCCCCC3)[C@@H]3CS(=O)(=O)C[C@H]32)cc1. The molecule has 0 N–H and O–H groups in total. The highest BCUT2D eigenvalue weighted by Gasteiger charge is 2.51. The Bertz CT molecular complexity index is 785. The molecule has 2 aliphatic heterocycles. The van der Waals surface area contributed by atoms with Gasteiger partial charge in [-0.2, -0.15) is 0 Å². The van der Waals surface area contributed by atoms with Crippen molar-refractivity contribution in [2.75, 3.05) is 30.1 Å². The normalized spacial score (nSPS) is 29.4. The quantitative estimate of drug-likeness (QED) is 0.738. The molecule has 1 saturated carbocycles. The number of piperazine rings is 1. The molecule has 148 valence electrons. The summed E-state index contributed by atoms with van der Waals surface area (Å²) in [5, 5.41) is 0. The van der Waals surface area contributed by atoms with E-state index in [-0.39, 0.29) is 29.5 Å². The number of anilines is 1. The van der Waals surface area contributed by atoms with Gasteiger partial charge < -0.3 is 9.64 Å². The number of fused-ring (bicyclic) bond motifs is 1. The lowest BCUT2D eigenvalue weighted by Gasteiger charge is -2.46. The van der Waals surface area contributed by atoms with Gasteiger partial charge in [0.1, 0.15) is 5.75 Å². The molecule has 3 fully saturated rings. The number of benzene rings is 1. The first-order valence-electron chi connectivity index (χ1n) is 9.91. The topological polar surface area (TPSA) is 66.9 Å². The second-order valence-corrected chi connectivity index (χ2v) is 10.1. The van der Waals surface area contributed by atoms with Crippen LogP contribution in [0.1, 0.15) is 38.5 Å². The molecule has 2 saturated heterocycles. The lowest BCUT2D eigenvalue weighted by atomic mass is 9.97. The van der Waals surface area contributed by atoms with Gasteiger partial charge in [0.15, 0.2) is 9.84 Å². The van der Waals surface area contributed by atoms with Crippen LogP contribution in [0.4, 0.5) is 5.69 Å². The maximum atomic E-state index is 13.1. The summed E-state index contributed by atoms with van der Waals surface area (Å²) in [5.41, 5.74) is 0.758. The highest BCUT2D eigenvalue weighted by Crippen LogP contribution is 2.35. The zero-order chi connectivity index (χ0) is 19.0. The van der Waals surface area contributed by atoms with Gasteiger partial charge in [-0.25, -0.2) is 8.42 Å². The molecule has 1 aromatic carbocycles. The largest absolute Gasteiger partial charge is 0.497 e. The maximum Gasteiger partial charge on any atom is 0.241 e. The van der Waals surface area contributed by atoms with Crippen molar-refractivity contribution in [3.63, 3.8) is 0 Å². The van der Waals surface area contributed by atoms with Crippen LogP contribution < -0.4 is 9.64 Å². The van der Waals surface area contributed by atoms with Crippen molar-refractivity contribution in [2.45, 2.75) is 56.7 Å². The number of hydrogen-bond acceptors (Lipinski definition) is 5. The van der Waals surface area contributed by atoms with E-state index >= 15 is 0 Å². The Morgan fingerprint density at radius 1 is 0.963 bits per heavy atom. The second kappa shape index (κ2) is 7.43. The van der Waals surface area contributed by atoms with Gasteiger partial charge in [-0.15, -0.1) is 0 Å². The highest BCUT2D eigenvalue weighted by atomic mass is 32.2. The molecule has 2 heterocycles. The van der Waals surface area contributed by atoms with Crippen molar-refractivity contribution in [3.8, 4) is 5.75 Å². The van der Waals surface area contributed by atoms with Crippen molar-refractivity contribution in [2.24, 2.45) is 0 Å². The summed E-state index contributed by atoms with van der Waals surface area (Å²) in [6.45, 7) is 0.313. The molecule has 1 aliphatic carbocycles. The third kappa shape index (κ3) is 3.72. The molecule has 1 aromatic rings. The van der Waals surface area contributed by atoms with Crippen molar-refractivity contribution in [3.05, 3.63) is 24.3 Å². The first-order valence-corrected chi connectivity index (χ1v) is 11.7.